The Hall–Kier alpha value is -2.32. The van der Waals surface area contributed by atoms with Crippen LogP contribution in [0.25, 0.3) is 10.9 Å². The third-order valence-electron chi connectivity index (χ3n) is 5.02. The van der Waals surface area contributed by atoms with Crippen LogP contribution in [0.4, 0.5) is 13.2 Å². The summed E-state index contributed by atoms with van der Waals surface area (Å²) in [4.78, 5) is -0.0969. The molecule has 28 heavy (non-hydrogen) atoms. The highest BCUT2D eigenvalue weighted by molar-refractivity contribution is 7.91. The summed E-state index contributed by atoms with van der Waals surface area (Å²) >= 11 is 0. The SMILES string of the molecule is CNCCc1c(C)n(C)c2ccc(S(=O)(=O)c3ccc(C(F)(F)F)cc3)cc12. The fraction of sp³-hybridized carbons (Fsp3) is 0.300. The fourth-order valence-electron chi connectivity index (χ4n) is 3.32. The number of sulfone groups is 1. The summed E-state index contributed by atoms with van der Waals surface area (Å²) < 4.78 is 66.1. The Morgan fingerprint density at radius 2 is 1.64 bits per heavy atom. The number of aromatic nitrogens is 1. The molecule has 0 aliphatic heterocycles. The third kappa shape index (κ3) is 3.54. The van der Waals surface area contributed by atoms with Crippen LogP contribution in [0.15, 0.2) is 52.3 Å². The van der Waals surface area contributed by atoms with Crippen LogP contribution in [0.1, 0.15) is 16.8 Å². The number of hydrogen-bond donors (Lipinski definition) is 1. The van der Waals surface area contributed by atoms with Crippen LogP contribution >= 0.6 is 0 Å². The van der Waals surface area contributed by atoms with E-state index in [1.165, 1.54) is 6.07 Å². The number of likely N-dealkylation sites (N-methyl/N-ethyl adjacent to an activating group) is 1. The third-order valence-corrected chi connectivity index (χ3v) is 6.79. The molecule has 0 unspecified atom stereocenters. The molecule has 0 spiro atoms. The summed E-state index contributed by atoms with van der Waals surface area (Å²) in [6.45, 7) is 2.73. The summed E-state index contributed by atoms with van der Waals surface area (Å²) in [6.07, 6.45) is -3.77. The van der Waals surface area contributed by atoms with Gasteiger partial charge in [-0.25, -0.2) is 8.42 Å². The predicted octanol–water partition coefficient (Wildman–Crippen LogP) is 4.10. The maximum atomic E-state index is 13.0. The van der Waals surface area contributed by atoms with Crippen LogP contribution in [0.5, 0.6) is 0 Å². The van der Waals surface area contributed by atoms with Gasteiger partial charge in [-0.15, -0.1) is 0 Å². The minimum atomic E-state index is -4.51. The van der Waals surface area contributed by atoms with E-state index in [-0.39, 0.29) is 9.79 Å². The molecule has 0 radical (unpaired) electrons. The molecule has 150 valence electrons. The van der Waals surface area contributed by atoms with Crippen LogP contribution in [0.3, 0.4) is 0 Å². The van der Waals surface area contributed by atoms with E-state index >= 15 is 0 Å². The molecule has 3 rings (SSSR count). The molecule has 0 amide bonds. The average Bonchev–Trinajstić information content (AvgIpc) is 2.89. The average molecular weight is 410 g/mol. The van der Waals surface area contributed by atoms with E-state index in [4.69, 9.17) is 0 Å². The Kier molecular flexibility index (Phi) is 5.29. The molecule has 0 fully saturated rings. The van der Waals surface area contributed by atoms with Gasteiger partial charge in [-0.05, 0) is 75.0 Å². The highest BCUT2D eigenvalue weighted by Crippen LogP contribution is 2.32. The van der Waals surface area contributed by atoms with Crippen molar-refractivity contribution in [1.29, 1.82) is 0 Å². The molecule has 4 nitrogen and oxygen atoms in total. The van der Waals surface area contributed by atoms with Crippen LogP contribution in [0, 0.1) is 6.92 Å². The molecule has 1 heterocycles. The number of halogens is 3. The largest absolute Gasteiger partial charge is 0.416 e. The maximum absolute atomic E-state index is 13.0. The van der Waals surface area contributed by atoms with Gasteiger partial charge in [0.05, 0.1) is 15.4 Å². The maximum Gasteiger partial charge on any atom is 0.416 e. The lowest BCUT2D eigenvalue weighted by molar-refractivity contribution is -0.137. The first-order valence-corrected chi connectivity index (χ1v) is 10.2. The number of benzene rings is 2. The van der Waals surface area contributed by atoms with Crippen molar-refractivity contribution in [3.8, 4) is 0 Å². The molecule has 0 atom stereocenters. The van der Waals surface area contributed by atoms with Gasteiger partial charge in [0.25, 0.3) is 0 Å². The van der Waals surface area contributed by atoms with Crippen molar-refractivity contribution in [3.63, 3.8) is 0 Å². The minimum absolute atomic E-state index is 0.0658. The molecule has 2 aromatic carbocycles. The van der Waals surface area contributed by atoms with Crippen LogP contribution in [-0.4, -0.2) is 26.6 Å². The van der Waals surface area contributed by atoms with Crippen molar-refractivity contribution >= 4 is 20.7 Å². The number of nitrogens with one attached hydrogen (secondary N) is 1. The van der Waals surface area contributed by atoms with Crippen LogP contribution in [-0.2, 0) is 29.5 Å². The van der Waals surface area contributed by atoms with Gasteiger partial charge in [0.2, 0.25) is 9.84 Å². The van der Waals surface area contributed by atoms with Crippen molar-refractivity contribution in [2.45, 2.75) is 29.3 Å². The molecule has 0 saturated heterocycles. The normalized spacial score (nSPS) is 12.6. The van der Waals surface area contributed by atoms with Gasteiger partial charge in [0.1, 0.15) is 0 Å². The van der Waals surface area contributed by atoms with Gasteiger partial charge >= 0.3 is 6.18 Å². The van der Waals surface area contributed by atoms with Crippen molar-refractivity contribution in [3.05, 3.63) is 59.3 Å². The first-order chi connectivity index (χ1) is 13.1. The van der Waals surface area contributed by atoms with Crippen LogP contribution in [0.2, 0.25) is 0 Å². The molecule has 0 saturated carbocycles. The molecule has 0 aliphatic carbocycles. The molecule has 8 heteroatoms. The highest BCUT2D eigenvalue weighted by atomic mass is 32.2. The van der Waals surface area contributed by atoms with E-state index < -0.39 is 21.6 Å². The number of nitrogens with zero attached hydrogens (tertiary/aromatic N) is 1. The van der Waals surface area contributed by atoms with Crippen molar-refractivity contribution in [1.82, 2.24) is 9.88 Å². The summed E-state index contributed by atoms with van der Waals surface area (Å²) in [5, 5.41) is 3.92. The predicted molar refractivity (Wildman–Crippen MR) is 102 cm³/mol. The number of alkyl halides is 3. The van der Waals surface area contributed by atoms with Gasteiger partial charge in [-0.2, -0.15) is 13.2 Å². The second-order valence-corrected chi connectivity index (χ2v) is 8.63. The van der Waals surface area contributed by atoms with Gasteiger partial charge in [0.15, 0.2) is 0 Å². The number of rotatable bonds is 5. The zero-order valence-corrected chi connectivity index (χ0v) is 16.6. The van der Waals surface area contributed by atoms with Gasteiger partial charge in [0, 0.05) is 23.6 Å². The number of fused-ring (bicyclic) bond motifs is 1. The zero-order valence-electron chi connectivity index (χ0n) is 15.8. The standard InChI is InChI=1S/C20H21F3N2O2S/c1-13-17(10-11-24-2)18-12-16(8-9-19(18)25(13)3)28(26,27)15-6-4-14(5-7-15)20(21,22)23/h4-9,12,24H,10-11H2,1-3H3. The van der Waals surface area contributed by atoms with E-state index in [0.717, 1.165) is 59.4 Å². The lowest BCUT2D eigenvalue weighted by Crippen LogP contribution is -2.11. The first-order valence-electron chi connectivity index (χ1n) is 8.72. The number of aryl methyl sites for hydroxylation is 1. The van der Waals surface area contributed by atoms with Crippen molar-refractivity contribution in [2.24, 2.45) is 7.05 Å². The minimum Gasteiger partial charge on any atom is -0.348 e. The molecule has 1 aromatic heterocycles. The van der Waals surface area contributed by atoms with E-state index in [9.17, 15) is 21.6 Å². The molecule has 0 aliphatic rings. The summed E-state index contributed by atoms with van der Waals surface area (Å²) in [5.41, 5.74) is 2.13. The first kappa shape index (κ1) is 20.4. The molecule has 3 aromatic rings. The Bertz CT molecular complexity index is 1120. The molecular weight excluding hydrogens is 389 g/mol. The Labute approximate surface area is 161 Å². The molecule has 1 N–H and O–H groups in total. The quantitative estimate of drug-likeness (QED) is 0.689. The Balaban J connectivity index is 2.09. The van der Waals surface area contributed by atoms with E-state index in [1.54, 1.807) is 12.1 Å². The zero-order chi connectivity index (χ0) is 20.7. The fourth-order valence-corrected chi connectivity index (χ4v) is 4.61. The molecular formula is C20H21F3N2O2S. The van der Waals surface area contributed by atoms with Gasteiger partial charge in [-0.1, -0.05) is 0 Å². The van der Waals surface area contributed by atoms with Gasteiger partial charge < -0.3 is 9.88 Å². The van der Waals surface area contributed by atoms with Crippen molar-refractivity contribution < 1.29 is 21.6 Å². The lowest BCUT2D eigenvalue weighted by atomic mass is 10.1. The van der Waals surface area contributed by atoms with E-state index in [0.29, 0.717) is 0 Å². The Morgan fingerprint density at radius 3 is 2.21 bits per heavy atom. The van der Waals surface area contributed by atoms with Crippen molar-refractivity contribution in [2.75, 3.05) is 13.6 Å². The van der Waals surface area contributed by atoms with E-state index in [1.807, 2.05) is 25.6 Å². The Morgan fingerprint density at radius 1 is 1.04 bits per heavy atom. The molecule has 0 bridgehead atoms. The lowest BCUT2D eigenvalue weighted by Gasteiger charge is -2.09. The highest BCUT2D eigenvalue weighted by Gasteiger charge is 2.31. The summed E-state index contributed by atoms with van der Waals surface area (Å²) in [5.74, 6) is 0. The second kappa shape index (κ2) is 7.25. The summed E-state index contributed by atoms with van der Waals surface area (Å²) in [7, 11) is -0.156. The second-order valence-electron chi connectivity index (χ2n) is 6.68. The topological polar surface area (TPSA) is 51.1 Å². The number of hydrogen-bond acceptors (Lipinski definition) is 3. The van der Waals surface area contributed by atoms with Crippen LogP contribution < -0.4 is 5.32 Å². The summed E-state index contributed by atoms with van der Waals surface area (Å²) in [6, 6.07) is 8.42. The smallest absolute Gasteiger partial charge is 0.348 e. The van der Waals surface area contributed by atoms with E-state index in [2.05, 4.69) is 5.32 Å². The van der Waals surface area contributed by atoms with Gasteiger partial charge in [-0.3, -0.25) is 0 Å². The monoisotopic (exact) mass is 410 g/mol.